The number of nitro benzene ring substituents is 1. The summed E-state index contributed by atoms with van der Waals surface area (Å²) in [5.41, 5.74) is 1.09. The van der Waals surface area contributed by atoms with Crippen molar-refractivity contribution in [1.29, 1.82) is 0 Å². The van der Waals surface area contributed by atoms with E-state index in [1.165, 1.54) is 12.1 Å². The first-order valence-corrected chi connectivity index (χ1v) is 7.70. The van der Waals surface area contributed by atoms with Crippen LogP contribution in [0.25, 0.3) is 0 Å². The predicted octanol–water partition coefficient (Wildman–Crippen LogP) is 4.14. The highest BCUT2D eigenvalue weighted by Crippen LogP contribution is 2.29. The van der Waals surface area contributed by atoms with Crippen molar-refractivity contribution in [2.45, 2.75) is 0 Å². The van der Waals surface area contributed by atoms with Crippen molar-refractivity contribution in [3.8, 4) is 0 Å². The van der Waals surface area contributed by atoms with Gasteiger partial charge in [0.25, 0.3) is 5.69 Å². The average molecular weight is 369 g/mol. The highest BCUT2D eigenvalue weighted by Gasteiger charge is 2.09. The van der Waals surface area contributed by atoms with Crippen molar-refractivity contribution < 1.29 is 9.72 Å². The number of carbonyl (C=O) groups is 1. The lowest BCUT2D eigenvalue weighted by molar-refractivity contribution is -0.384. The van der Waals surface area contributed by atoms with Crippen LogP contribution in [-0.4, -0.2) is 24.0 Å². The number of carbonyl (C=O) groups excluding carboxylic acids is 1. The van der Waals surface area contributed by atoms with Crippen molar-refractivity contribution in [1.82, 2.24) is 5.32 Å². The summed E-state index contributed by atoms with van der Waals surface area (Å²) in [5, 5.41) is 19.5. The third-order valence-electron chi connectivity index (χ3n) is 3.02. The first-order valence-electron chi connectivity index (χ1n) is 6.94. The lowest BCUT2D eigenvalue weighted by atomic mass is 10.3. The molecule has 7 nitrogen and oxygen atoms in total. The van der Waals surface area contributed by atoms with E-state index in [-0.39, 0.29) is 5.69 Å². The van der Waals surface area contributed by atoms with Gasteiger partial charge >= 0.3 is 6.03 Å². The molecule has 0 spiro atoms. The van der Waals surface area contributed by atoms with E-state index in [2.05, 4.69) is 16.0 Å². The molecule has 0 heterocycles. The zero-order valence-corrected chi connectivity index (χ0v) is 13.9. The van der Waals surface area contributed by atoms with E-state index in [1.807, 2.05) is 0 Å². The fourth-order valence-corrected chi connectivity index (χ4v) is 2.35. The molecule has 0 aliphatic carbocycles. The Kier molecular flexibility index (Phi) is 6.22. The molecule has 24 heavy (non-hydrogen) atoms. The molecule has 0 bridgehead atoms. The summed E-state index contributed by atoms with van der Waals surface area (Å²) in [6, 6.07) is 10.5. The molecule has 2 rings (SSSR count). The summed E-state index contributed by atoms with van der Waals surface area (Å²) in [5.74, 6) is 0. The van der Waals surface area contributed by atoms with Gasteiger partial charge in [-0.25, -0.2) is 4.79 Å². The second-order valence-electron chi connectivity index (χ2n) is 4.71. The second-order valence-corrected chi connectivity index (χ2v) is 5.52. The summed E-state index contributed by atoms with van der Waals surface area (Å²) >= 11 is 11.9. The Balaban J connectivity index is 1.76. The Morgan fingerprint density at radius 3 is 2.25 bits per heavy atom. The number of hydrogen-bond acceptors (Lipinski definition) is 4. The molecule has 2 aromatic rings. The van der Waals surface area contributed by atoms with Gasteiger partial charge in [0, 0.05) is 30.9 Å². The van der Waals surface area contributed by atoms with Crippen LogP contribution in [0.2, 0.25) is 10.0 Å². The summed E-state index contributed by atoms with van der Waals surface area (Å²) in [4.78, 5) is 21.9. The lowest BCUT2D eigenvalue weighted by Gasteiger charge is -2.11. The predicted molar refractivity (Wildman–Crippen MR) is 95.1 cm³/mol. The van der Waals surface area contributed by atoms with E-state index in [9.17, 15) is 14.9 Å². The van der Waals surface area contributed by atoms with E-state index in [1.54, 1.807) is 30.3 Å². The van der Waals surface area contributed by atoms with Crippen LogP contribution in [-0.2, 0) is 0 Å². The van der Waals surface area contributed by atoms with Gasteiger partial charge in [0.05, 0.1) is 20.7 Å². The molecule has 0 radical (unpaired) electrons. The molecule has 2 aromatic carbocycles. The molecule has 0 aliphatic rings. The van der Waals surface area contributed by atoms with Crippen molar-refractivity contribution in [2.24, 2.45) is 0 Å². The zero-order valence-electron chi connectivity index (χ0n) is 12.4. The number of nitrogens with one attached hydrogen (secondary N) is 3. The number of urea groups is 1. The maximum Gasteiger partial charge on any atom is 0.319 e. The van der Waals surface area contributed by atoms with Gasteiger partial charge in [-0.05, 0) is 24.3 Å². The Bertz CT molecular complexity index is 718. The van der Waals surface area contributed by atoms with Crippen molar-refractivity contribution >= 4 is 46.3 Å². The number of nitrogens with zero attached hydrogens (tertiary/aromatic N) is 1. The highest BCUT2D eigenvalue weighted by atomic mass is 35.5. The average Bonchev–Trinajstić information content (AvgIpc) is 2.55. The molecule has 3 N–H and O–H groups in total. The van der Waals surface area contributed by atoms with Gasteiger partial charge < -0.3 is 16.0 Å². The minimum atomic E-state index is -0.463. The number of nitro groups is 1. The zero-order chi connectivity index (χ0) is 17.5. The van der Waals surface area contributed by atoms with Gasteiger partial charge in [0.1, 0.15) is 0 Å². The lowest BCUT2D eigenvalue weighted by Crippen LogP contribution is -2.32. The molecule has 2 amide bonds. The van der Waals surface area contributed by atoms with Gasteiger partial charge in [0.2, 0.25) is 0 Å². The van der Waals surface area contributed by atoms with Crippen LogP contribution in [0.4, 0.5) is 21.9 Å². The van der Waals surface area contributed by atoms with Crippen LogP contribution in [0.5, 0.6) is 0 Å². The Morgan fingerprint density at radius 2 is 1.67 bits per heavy atom. The minimum Gasteiger partial charge on any atom is -0.383 e. The molecule has 0 aromatic heterocycles. The van der Waals surface area contributed by atoms with Gasteiger partial charge in [0.15, 0.2) is 0 Å². The van der Waals surface area contributed by atoms with Crippen LogP contribution in [0.3, 0.4) is 0 Å². The van der Waals surface area contributed by atoms with Crippen LogP contribution < -0.4 is 16.0 Å². The van der Waals surface area contributed by atoms with Gasteiger partial charge in [-0.1, -0.05) is 29.3 Å². The van der Waals surface area contributed by atoms with Crippen molar-refractivity contribution in [3.05, 3.63) is 62.6 Å². The summed E-state index contributed by atoms with van der Waals surface area (Å²) in [6.45, 7) is 0.784. The minimum absolute atomic E-state index is 0.0228. The highest BCUT2D eigenvalue weighted by molar-refractivity contribution is 6.39. The van der Waals surface area contributed by atoms with Crippen LogP contribution in [0.15, 0.2) is 42.5 Å². The monoisotopic (exact) mass is 368 g/mol. The van der Waals surface area contributed by atoms with E-state index < -0.39 is 11.0 Å². The summed E-state index contributed by atoms with van der Waals surface area (Å²) in [6.07, 6.45) is 0. The van der Waals surface area contributed by atoms with E-state index >= 15 is 0 Å². The first-order chi connectivity index (χ1) is 11.5. The third kappa shape index (κ3) is 5.00. The molecule has 9 heteroatoms. The smallest absolute Gasteiger partial charge is 0.319 e. The number of non-ortho nitro benzene ring substituents is 1. The maximum atomic E-state index is 11.8. The molecule has 0 saturated carbocycles. The Morgan fingerprint density at radius 1 is 1.04 bits per heavy atom. The quantitative estimate of drug-likeness (QED) is 0.405. The molecular weight excluding hydrogens is 355 g/mol. The fraction of sp³-hybridized carbons (Fsp3) is 0.133. The number of hydrogen-bond donors (Lipinski definition) is 3. The van der Waals surface area contributed by atoms with Gasteiger partial charge in [-0.2, -0.15) is 0 Å². The first kappa shape index (κ1) is 17.8. The summed E-state index contributed by atoms with van der Waals surface area (Å²) in [7, 11) is 0. The van der Waals surface area contributed by atoms with Crippen LogP contribution in [0, 0.1) is 10.1 Å². The van der Waals surface area contributed by atoms with E-state index in [0.29, 0.717) is 28.8 Å². The molecule has 0 saturated heterocycles. The SMILES string of the molecule is O=C(NCCNc1ccc([N+](=O)[O-])cc1)Nc1c(Cl)cccc1Cl. The normalized spacial score (nSPS) is 10.1. The third-order valence-corrected chi connectivity index (χ3v) is 3.65. The molecule has 126 valence electrons. The molecule has 0 unspecified atom stereocenters. The summed E-state index contributed by atoms with van der Waals surface area (Å²) < 4.78 is 0. The largest absolute Gasteiger partial charge is 0.383 e. The van der Waals surface area contributed by atoms with Crippen molar-refractivity contribution in [3.63, 3.8) is 0 Å². The number of para-hydroxylation sites is 1. The van der Waals surface area contributed by atoms with Gasteiger partial charge in [-0.3, -0.25) is 10.1 Å². The topological polar surface area (TPSA) is 96.3 Å². The van der Waals surface area contributed by atoms with E-state index in [4.69, 9.17) is 23.2 Å². The molecule has 0 atom stereocenters. The number of anilines is 2. The fourth-order valence-electron chi connectivity index (χ4n) is 1.86. The van der Waals surface area contributed by atoms with Gasteiger partial charge in [-0.15, -0.1) is 0 Å². The number of benzene rings is 2. The van der Waals surface area contributed by atoms with E-state index in [0.717, 1.165) is 5.69 Å². The second kappa shape index (κ2) is 8.37. The molecule has 0 aliphatic heterocycles. The Hall–Kier alpha value is -2.51. The standard InChI is InChI=1S/C15H14Cl2N4O3/c16-12-2-1-3-13(17)14(12)20-15(22)19-9-8-18-10-4-6-11(7-5-10)21(23)24/h1-7,18H,8-9H2,(H2,19,20,22). The molecular formula is C15H14Cl2N4O3. The maximum absolute atomic E-state index is 11.8. The van der Waals surface area contributed by atoms with Crippen LogP contribution in [0.1, 0.15) is 0 Å². The number of amides is 2. The Labute approximate surface area is 148 Å². The van der Waals surface area contributed by atoms with Crippen molar-refractivity contribution in [2.75, 3.05) is 23.7 Å². The molecule has 0 fully saturated rings. The number of rotatable bonds is 6. The van der Waals surface area contributed by atoms with Crippen LogP contribution >= 0.6 is 23.2 Å². The number of halogens is 2.